The van der Waals surface area contributed by atoms with E-state index >= 15 is 0 Å². The van der Waals surface area contributed by atoms with E-state index in [0.29, 0.717) is 25.4 Å². The highest BCUT2D eigenvalue weighted by Gasteiger charge is 2.12. The summed E-state index contributed by atoms with van der Waals surface area (Å²) in [6, 6.07) is 10.9. The number of benzene rings is 1. The Hall–Kier alpha value is -2.89. The van der Waals surface area contributed by atoms with Crippen molar-refractivity contribution in [2.75, 3.05) is 18.5 Å². The van der Waals surface area contributed by atoms with Gasteiger partial charge in [0.25, 0.3) is 0 Å². The first-order valence-electron chi connectivity index (χ1n) is 8.25. The lowest BCUT2D eigenvalue weighted by Gasteiger charge is -2.20. The monoisotopic (exact) mass is 341 g/mol. The summed E-state index contributed by atoms with van der Waals surface area (Å²) in [6.45, 7) is 4.85. The molecule has 2 rings (SSSR count). The van der Waals surface area contributed by atoms with Crippen LogP contribution in [-0.4, -0.2) is 34.8 Å². The molecule has 1 aromatic carbocycles. The molecule has 0 spiro atoms. The van der Waals surface area contributed by atoms with Crippen LogP contribution in [0.15, 0.2) is 48.8 Å². The summed E-state index contributed by atoms with van der Waals surface area (Å²) in [6.07, 6.45) is 3.61. The van der Waals surface area contributed by atoms with Gasteiger partial charge in [0.2, 0.25) is 11.8 Å². The van der Waals surface area contributed by atoms with Crippen LogP contribution < -0.4 is 10.1 Å². The minimum absolute atomic E-state index is 0.0642. The van der Waals surface area contributed by atoms with E-state index < -0.39 is 0 Å². The highest BCUT2D eigenvalue weighted by molar-refractivity contribution is 5.91. The Morgan fingerprint density at radius 2 is 1.80 bits per heavy atom. The number of hydrogen-bond acceptors (Lipinski definition) is 4. The number of nitrogens with one attached hydrogen (secondary N) is 1. The van der Waals surface area contributed by atoms with Crippen LogP contribution in [0.5, 0.6) is 5.75 Å². The van der Waals surface area contributed by atoms with Gasteiger partial charge in [0.1, 0.15) is 5.75 Å². The molecule has 1 heterocycles. The Labute approximate surface area is 147 Å². The molecule has 0 aliphatic rings. The largest absolute Gasteiger partial charge is 0.494 e. The molecule has 0 atom stereocenters. The summed E-state index contributed by atoms with van der Waals surface area (Å²) in [5.74, 6) is 0.566. The molecule has 0 aliphatic heterocycles. The van der Waals surface area contributed by atoms with E-state index in [2.05, 4.69) is 10.3 Å². The van der Waals surface area contributed by atoms with Crippen molar-refractivity contribution in [3.63, 3.8) is 0 Å². The third-order valence-corrected chi connectivity index (χ3v) is 3.63. The molecular formula is C19H23N3O3. The quantitative estimate of drug-likeness (QED) is 0.801. The lowest BCUT2D eigenvalue weighted by molar-refractivity contribution is -0.129. The third-order valence-electron chi connectivity index (χ3n) is 3.63. The molecule has 6 heteroatoms. The Bertz CT molecular complexity index is 687. The normalized spacial score (nSPS) is 10.2. The zero-order valence-corrected chi connectivity index (χ0v) is 14.6. The van der Waals surface area contributed by atoms with Crippen LogP contribution in [0.1, 0.15) is 25.8 Å². The molecule has 132 valence electrons. The second-order valence-corrected chi connectivity index (χ2v) is 5.55. The van der Waals surface area contributed by atoms with Crippen LogP contribution in [0.2, 0.25) is 0 Å². The van der Waals surface area contributed by atoms with Crippen molar-refractivity contribution in [1.29, 1.82) is 0 Å². The van der Waals surface area contributed by atoms with E-state index in [4.69, 9.17) is 4.74 Å². The molecule has 0 fully saturated rings. The average Bonchev–Trinajstić information content (AvgIpc) is 2.61. The Kier molecular flexibility index (Phi) is 6.95. The van der Waals surface area contributed by atoms with Crippen LogP contribution in [0.25, 0.3) is 0 Å². The number of amides is 2. The van der Waals surface area contributed by atoms with Crippen molar-refractivity contribution in [3.05, 3.63) is 54.4 Å². The SMILES string of the molecule is CCOc1ccc(NC(=O)CCN(Cc2ccncc2)C(C)=O)cc1. The summed E-state index contributed by atoms with van der Waals surface area (Å²) >= 11 is 0. The van der Waals surface area contributed by atoms with E-state index in [1.54, 1.807) is 29.4 Å². The first-order chi connectivity index (χ1) is 12.1. The molecule has 2 aromatic rings. The predicted octanol–water partition coefficient (Wildman–Crippen LogP) is 2.86. The van der Waals surface area contributed by atoms with Crippen molar-refractivity contribution in [1.82, 2.24) is 9.88 Å². The molecule has 0 radical (unpaired) electrons. The second kappa shape index (κ2) is 9.42. The van der Waals surface area contributed by atoms with Crippen LogP contribution in [0.4, 0.5) is 5.69 Å². The van der Waals surface area contributed by atoms with Gasteiger partial charge in [-0.3, -0.25) is 14.6 Å². The molecule has 1 N–H and O–H groups in total. The van der Waals surface area contributed by atoms with Crippen molar-refractivity contribution in [2.24, 2.45) is 0 Å². The molecule has 0 saturated carbocycles. The topological polar surface area (TPSA) is 71.5 Å². The molecular weight excluding hydrogens is 318 g/mol. The number of carbonyl (C=O) groups is 2. The van der Waals surface area contributed by atoms with Gasteiger partial charge in [-0.1, -0.05) is 0 Å². The highest BCUT2D eigenvalue weighted by Crippen LogP contribution is 2.16. The maximum absolute atomic E-state index is 12.1. The molecule has 0 bridgehead atoms. The zero-order valence-electron chi connectivity index (χ0n) is 14.6. The summed E-state index contributed by atoms with van der Waals surface area (Å²) < 4.78 is 5.37. The summed E-state index contributed by atoms with van der Waals surface area (Å²) in [5, 5.41) is 2.83. The van der Waals surface area contributed by atoms with Crippen molar-refractivity contribution in [3.8, 4) is 5.75 Å². The molecule has 0 aliphatic carbocycles. The van der Waals surface area contributed by atoms with E-state index in [9.17, 15) is 9.59 Å². The number of anilines is 1. The summed E-state index contributed by atoms with van der Waals surface area (Å²) in [7, 11) is 0. The van der Waals surface area contributed by atoms with Gasteiger partial charge in [-0.2, -0.15) is 0 Å². The van der Waals surface area contributed by atoms with Crippen molar-refractivity contribution >= 4 is 17.5 Å². The van der Waals surface area contributed by atoms with Gasteiger partial charge in [-0.15, -0.1) is 0 Å². The number of pyridine rings is 1. The van der Waals surface area contributed by atoms with Gasteiger partial charge in [-0.05, 0) is 48.9 Å². The molecule has 25 heavy (non-hydrogen) atoms. The first kappa shape index (κ1) is 18.4. The van der Waals surface area contributed by atoms with Gasteiger partial charge in [0, 0.05) is 44.5 Å². The Morgan fingerprint density at radius 3 is 2.40 bits per heavy atom. The standard InChI is InChI=1S/C19H23N3O3/c1-3-25-18-6-4-17(5-7-18)21-19(24)10-13-22(15(2)23)14-16-8-11-20-12-9-16/h4-9,11-12H,3,10,13-14H2,1-2H3,(H,21,24). The molecule has 2 amide bonds. The average molecular weight is 341 g/mol. The van der Waals surface area contributed by atoms with Crippen molar-refractivity contribution < 1.29 is 14.3 Å². The lowest BCUT2D eigenvalue weighted by Crippen LogP contribution is -2.31. The molecule has 6 nitrogen and oxygen atoms in total. The minimum Gasteiger partial charge on any atom is -0.494 e. The number of aromatic nitrogens is 1. The maximum atomic E-state index is 12.1. The minimum atomic E-state index is -0.134. The van der Waals surface area contributed by atoms with Crippen molar-refractivity contribution in [2.45, 2.75) is 26.8 Å². The Balaban J connectivity index is 1.85. The van der Waals surface area contributed by atoms with Gasteiger partial charge in [0.15, 0.2) is 0 Å². The summed E-state index contributed by atoms with van der Waals surface area (Å²) in [4.78, 5) is 29.5. The fourth-order valence-electron chi connectivity index (χ4n) is 2.32. The van der Waals surface area contributed by atoms with Crippen LogP contribution in [0, 0.1) is 0 Å². The first-order valence-corrected chi connectivity index (χ1v) is 8.25. The fraction of sp³-hybridized carbons (Fsp3) is 0.316. The fourth-order valence-corrected chi connectivity index (χ4v) is 2.32. The van der Waals surface area contributed by atoms with Gasteiger partial charge in [0.05, 0.1) is 6.61 Å². The molecule has 0 saturated heterocycles. The van der Waals surface area contributed by atoms with Crippen LogP contribution >= 0.6 is 0 Å². The van der Waals surface area contributed by atoms with Crippen LogP contribution in [-0.2, 0) is 16.1 Å². The Morgan fingerprint density at radius 1 is 1.12 bits per heavy atom. The molecule has 0 unspecified atom stereocenters. The molecule has 1 aromatic heterocycles. The van der Waals surface area contributed by atoms with Gasteiger partial charge in [-0.25, -0.2) is 0 Å². The number of carbonyl (C=O) groups excluding carboxylic acids is 2. The smallest absolute Gasteiger partial charge is 0.226 e. The van der Waals surface area contributed by atoms with Gasteiger partial charge >= 0.3 is 0 Å². The zero-order chi connectivity index (χ0) is 18.1. The van der Waals surface area contributed by atoms with E-state index in [0.717, 1.165) is 11.3 Å². The van der Waals surface area contributed by atoms with E-state index in [1.807, 2.05) is 31.2 Å². The number of nitrogens with zero attached hydrogens (tertiary/aromatic N) is 2. The second-order valence-electron chi connectivity index (χ2n) is 5.55. The predicted molar refractivity (Wildman–Crippen MR) is 96.2 cm³/mol. The lowest BCUT2D eigenvalue weighted by atomic mass is 10.2. The number of rotatable bonds is 8. The maximum Gasteiger partial charge on any atom is 0.226 e. The van der Waals surface area contributed by atoms with Crippen LogP contribution in [0.3, 0.4) is 0 Å². The summed E-state index contributed by atoms with van der Waals surface area (Å²) in [5.41, 5.74) is 1.69. The van der Waals surface area contributed by atoms with E-state index in [1.165, 1.54) is 6.92 Å². The van der Waals surface area contributed by atoms with E-state index in [-0.39, 0.29) is 18.2 Å². The number of ether oxygens (including phenoxy) is 1. The third kappa shape index (κ3) is 6.25. The number of hydrogen-bond donors (Lipinski definition) is 1. The van der Waals surface area contributed by atoms with Gasteiger partial charge < -0.3 is 15.0 Å². The highest BCUT2D eigenvalue weighted by atomic mass is 16.5.